The van der Waals surface area contributed by atoms with Gasteiger partial charge in [-0.25, -0.2) is 4.79 Å². The van der Waals surface area contributed by atoms with Crippen molar-refractivity contribution in [1.29, 1.82) is 0 Å². The lowest BCUT2D eigenvalue weighted by Gasteiger charge is -2.42. The second-order valence-electron chi connectivity index (χ2n) is 12.3. The lowest BCUT2D eigenvalue weighted by atomic mass is 9.90. The quantitative estimate of drug-likeness (QED) is 0.125. The summed E-state index contributed by atoms with van der Waals surface area (Å²) in [6.07, 6.45) is 1.75. The number of para-hydroxylation sites is 1. The number of aliphatic hydroxyl groups is 1. The molecule has 0 aliphatic carbocycles. The van der Waals surface area contributed by atoms with Crippen molar-refractivity contribution in [2.45, 2.75) is 38.4 Å². The SMILES string of the molecule is C[C@@H]1[C@H](CN(C)CCc2ccccn2)O[C@H](c2ccc(NC(=O)Nc3ccc(Oc4ccccc4)cc3)cc2)O[C@@H]1c1ccc(CO)cc1. The van der Waals surface area contributed by atoms with E-state index in [1.54, 1.807) is 12.1 Å². The van der Waals surface area contributed by atoms with Gasteiger partial charge in [0.1, 0.15) is 11.5 Å². The van der Waals surface area contributed by atoms with Crippen LogP contribution in [0.2, 0.25) is 0 Å². The number of aromatic nitrogens is 1. The van der Waals surface area contributed by atoms with Gasteiger partial charge in [-0.1, -0.05) is 67.6 Å². The normalized spacial score (nSPS) is 18.9. The van der Waals surface area contributed by atoms with Crippen LogP contribution in [-0.2, 0) is 22.5 Å². The molecule has 2 amide bonds. The fourth-order valence-electron chi connectivity index (χ4n) is 5.83. The van der Waals surface area contributed by atoms with Gasteiger partial charge in [-0.2, -0.15) is 0 Å². The van der Waals surface area contributed by atoms with Gasteiger partial charge in [0.05, 0.1) is 18.8 Å². The van der Waals surface area contributed by atoms with Crippen LogP contribution >= 0.6 is 0 Å². The third-order valence-corrected chi connectivity index (χ3v) is 8.62. The lowest BCUT2D eigenvalue weighted by Crippen LogP contribution is -2.43. The zero-order valence-corrected chi connectivity index (χ0v) is 27.7. The van der Waals surface area contributed by atoms with Gasteiger partial charge in [-0.15, -0.1) is 0 Å². The van der Waals surface area contributed by atoms with Gasteiger partial charge in [0.2, 0.25) is 0 Å². The molecule has 0 radical (unpaired) electrons. The molecular weight excluding hydrogens is 616 g/mol. The number of nitrogens with one attached hydrogen (secondary N) is 2. The molecule has 252 valence electrons. The molecule has 5 aromatic rings. The molecule has 0 spiro atoms. The Kier molecular flexibility index (Phi) is 11.3. The molecule has 6 rings (SSSR count). The second-order valence-corrected chi connectivity index (χ2v) is 12.3. The molecule has 1 fully saturated rings. The maximum atomic E-state index is 12.8. The number of carbonyl (C=O) groups is 1. The highest BCUT2D eigenvalue weighted by Crippen LogP contribution is 2.42. The summed E-state index contributed by atoms with van der Waals surface area (Å²) in [5, 5.41) is 15.3. The smallest absolute Gasteiger partial charge is 0.323 e. The zero-order chi connectivity index (χ0) is 34.0. The zero-order valence-electron chi connectivity index (χ0n) is 27.7. The monoisotopic (exact) mass is 658 g/mol. The Bertz CT molecular complexity index is 1750. The number of rotatable bonds is 12. The van der Waals surface area contributed by atoms with Crippen LogP contribution in [-0.4, -0.2) is 47.3 Å². The van der Waals surface area contributed by atoms with Crippen molar-refractivity contribution in [1.82, 2.24) is 9.88 Å². The molecule has 4 atom stereocenters. The Hall–Kier alpha value is -5.06. The highest BCUT2D eigenvalue weighted by molar-refractivity contribution is 5.99. The Morgan fingerprint density at radius 1 is 0.796 bits per heavy atom. The number of anilines is 2. The second kappa shape index (κ2) is 16.4. The van der Waals surface area contributed by atoms with E-state index in [-0.39, 0.29) is 30.8 Å². The highest BCUT2D eigenvalue weighted by Gasteiger charge is 2.38. The summed E-state index contributed by atoms with van der Waals surface area (Å²) in [5.41, 5.74) is 5.08. The van der Waals surface area contributed by atoms with E-state index >= 15 is 0 Å². The van der Waals surface area contributed by atoms with Gasteiger partial charge < -0.3 is 34.9 Å². The van der Waals surface area contributed by atoms with Crippen LogP contribution in [0.1, 0.15) is 41.7 Å². The number of benzene rings is 4. The molecule has 4 aromatic carbocycles. The molecule has 0 unspecified atom stereocenters. The average Bonchev–Trinajstić information content (AvgIpc) is 3.14. The van der Waals surface area contributed by atoms with Crippen LogP contribution in [0, 0.1) is 5.92 Å². The Morgan fingerprint density at radius 3 is 2.08 bits per heavy atom. The number of hydrogen-bond acceptors (Lipinski definition) is 7. The maximum Gasteiger partial charge on any atom is 0.323 e. The Labute approximate surface area is 287 Å². The van der Waals surface area contributed by atoms with Crippen molar-refractivity contribution in [2.24, 2.45) is 5.92 Å². The molecule has 3 N–H and O–H groups in total. The Morgan fingerprint density at radius 2 is 1.43 bits per heavy atom. The van der Waals surface area contributed by atoms with E-state index in [4.69, 9.17) is 14.2 Å². The summed E-state index contributed by atoms with van der Waals surface area (Å²) < 4.78 is 19.1. The van der Waals surface area contributed by atoms with E-state index in [0.717, 1.165) is 47.6 Å². The minimum atomic E-state index is -0.604. The van der Waals surface area contributed by atoms with Gasteiger partial charge in [0.15, 0.2) is 6.29 Å². The predicted molar refractivity (Wildman–Crippen MR) is 190 cm³/mol. The van der Waals surface area contributed by atoms with Crippen LogP contribution in [0.4, 0.5) is 16.2 Å². The van der Waals surface area contributed by atoms with Crippen molar-refractivity contribution in [3.05, 3.63) is 150 Å². The molecule has 49 heavy (non-hydrogen) atoms. The summed E-state index contributed by atoms with van der Waals surface area (Å²) in [7, 11) is 2.10. The molecule has 1 aliphatic rings. The molecular formula is C40H42N4O5. The Balaban J connectivity index is 1.09. The standard InChI is InChI=1S/C40H42N4O5/c1-28-37(26-44(2)25-23-32-8-6-7-24-41-32)48-39(49-38(28)30-13-11-29(27-45)12-14-30)31-15-17-33(18-16-31)42-40(46)43-34-19-21-36(22-20-34)47-35-9-4-3-5-10-35/h3-22,24,28,37-39,45H,23,25-27H2,1-2H3,(H2,42,43,46)/t28-,37+,38+,39+/m1/s1. The maximum absolute atomic E-state index is 12.8. The molecule has 0 saturated carbocycles. The van der Waals surface area contributed by atoms with Crippen molar-refractivity contribution >= 4 is 17.4 Å². The number of nitrogens with zero attached hydrogens (tertiary/aromatic N) is 2. The van der Waals surface area contributed by atoms with Gasteiger partial charge in [-0.05, 0) is 78.8 Å². The molecule has 1 aliphatic heterocycles. The fraction of sp³-hybridized carbons (Fsp3) is 0.250. The largest absolute Gasteiger partial charge is 0.457 e. The molecule has 9 heteroatoms. The number of urea groups is 1. The van der Waals surface area contributed by atoms with Gasteiger partial charge in [0.25, 0.3) is 0 Å². The predicted octanol–water partition coefficient (Wildman–Crippen LogP) is 7.98. The first kappa shape index (κ1) is 33.8. The van der Waals surface area contributed by atoms with E-state index in [1.165, 1.54) is 0 Å². The summed E-state index contributed by atoms with van der Waals surface area (Å²) in [6, 6.07) is 37.8. The number of amides is 2. The first-order chi connectivity index (χ1) is 23.9. The van der Waals surface area contributed by atoms with Crippen LogP contribution in [0.25, 0.3) is 0 Å². The minimum Gasteiger partial charge on any atom is -0.457 e. The number of aliphatic hydroxyl groups excluding tert-OH is 1. The number of likely N-dealkylation sites (N-methyl/N-ethyl adjacent to an activating group) is 1. The van der Waals surface area contributed by atoms with E-state index < -0.39 is 6.29 Å². The molecule has 2 heterocycles. The number of carbonyl (C=O) groups excluding carboxylic acids is 1. The van der Waals surface area contributed by atoms with Crippen LogP contribution < -0.4 is 15.4 Å². The summed E-state index contributed by atoms with van der Waals surface area (Å²) in [4.78, 5) is 19.5. The van der Waals surface area contributed by atoms with Gasteiger partial charge in [-0.3, -0.25) is 4.98 Å². The molecule has 0 bridgehead atoms. The third-order valence-electron chi connectivity index (χ3n) is 8.62. The molecule has 1 aromatic heterocycles. The van der Waals surface area contributed by atoms with Crippen LogP contribution in [0.3, 0.4) is 0 Å². The lowest BCUT2D eigenvalue weighted by molar-refractivity contribution is -0.275. The van der Waals surface area contributed by atoms with E-state index in [1.807, 2.05) is 115 Å². The minimum absolute atomic E-state index is 0.00874. The average molecular weight is 659 g/mol. The fourth-order valence-corrected chi connectivity index (χ4v) is 5.83. The van der Waals surface area contributed by atoms with E-state index in [0.29, 0.717) is 17.1 Å². The van der Waals surface area contributed by atoms with Gasteiger partial charge in [0, 0.05) is 54.3 Å². The van der Waals surface area contributed by atoms with Crippen LogP contribution in [0.15, 0.2) is 128 Å². The van der Waals surface area contributed by atoms with Crippen molar-refractivity contribution in [3.63, 3.8) is 0 Å². The molecule has 9 nitrogen and oxygen atoms in total. The highest BCUT2D eigenvalue weighted by atomic mass is 16.7. The number of pyridine rings is 1. The summed E-state index contributed by atoms with van der Waals surface area (Å²) in [5.74, 6) is 1.49. The third kappa shape index (κ3) is 9.31. The van der Waals surface area contributed by atoms with Crippen LogP contribution in [0.5, 0.6) is 11.5 Å². The van der Waals surface area contributed by atoms with Crippen molar-refractivity contribution in [3.8, 4) is 11.5 Å². The number of ether oxygens (including phenoxy) is 3. The first-order valence-electron chi connectivity index (χ1n) is 16.5. The number of hydrogen-bond donors (Lipinski definition) is 3. The van der Waals surface area contributed by atoms with Crippen molar-refractivity contribution in [2.75, 3.05) is 30.8 Å². The van der Waals surface area contributed by atoms with E-state index in [2.05, 4.69) is 34.5 Å². The summed E-state index contributed by atoms with van der Waals surface area (Å²) in [6.45, 7) is 3.72. The summed E-state index contributed by atoms with van der Waals surface area (Å²) >= 11 is 0. The van der Waals surface area contributed by atoms with Crippen molar-refractivity contribution < 1.29 is 24.1 Å². The van der Waals surface area contributed by atoms with E-state index in [9.17, 15) is 9.90 Å². The molecule has 1 saturated heterocycles. The first-order valence-corrected chi connectivity index (χ1v) is 16.5. The topological polar surface area (TPSA) is 105 Å². The van der Waals surface area contributed by atoms with Gasteiger partial charge >= 0.3 is 6.03 Å².